The molecular formula is C9H16N4. The monoisotopic (exact) mass is 180 g/mol. The second kappa shape index (κ2) is 3.38. The van der Waals surface area contributed by atoms with E-state index in [2.05, 4.69) is 28.7 Å². The van der Waals surface area contributed by atoms with Crippen LogP contribution in [0.25, 0.3) is 0 Å². The lowest BCUT2D eigenvalue weighted by Crippen LogP contribution is -2.22. The minimum absolute atomic E-state index is 0.550. The van der Waals surface area contributed by atoms with E-state index < -0.39 is 0 Å². The smallest absolute Gasteiger partial charge is 0.148 e. The van der Waals surface area contributed by atoms with Gasteiger partial charge in [0.25, 0.3) is 0 Å². The van der Waals surface area contributed by atoms with Crippen molar-refractivity contribution in [2.24, 2.45) is 7.05 Å². The summed E-state index contributed by atoms with van der Waals surface area (Å²) in [6.45, 7) is 4.23. The number of rotatable bonds is 2. The van der Waals surface area contributed by atoms with Crippen molar-refractivity contribution in [3.63, 3.8) is 0 Å². The van der Waals surface area contributed by atoms with Crippen molar-refractivity contribution >= 4 is 5.82 Å². The van der Waals surface area contributed by atoms with Crippen LogP contribution in [-0.4, -0.2) is 28.9 Å². The third kappa shape index (κ3) is 1.83. The summed E-state index contributed by atoms with van der Waals surface area (Å²) in [4.78, 5) is 0. The van der Waals surface area contributed by atoms with E-state index in [0.717, 1.165) is 18.9 Å². The van der Waals surface area contributed by atoms with Gasteiger partial charge >= 0.3 is 0 Å². The fourth-order valence-corrected chi connectivity index (χ4v) is 1.62. The Morgan fingerprint density at radius 3 is 3.08 bits per heavy atom. The Hall–Kier alpha value is -1.03. The Bertz CT molecular complexity index is 266. The normalized spacial score (nSPS) is 22.2. The molecular weight excluding hydrogens is 164 g/mol. The molecule has 4 heteroatoms. The Labute approximate surface area is 78.3 Å². The summed E-state index contributed by atoms with van der Waals surface area (Å²) in [6, 6.07) is 2.63. The van der Waals surface area contributed by atoms with E-state index in [0.29, 0.717) is 6.04 Å². The van der Waals surface area contributed by atoms with Gasteiger partial charge in [-0.05, 0) is 19.9 Å². The van der Waals surface area contributed by atoms with Gasteiger partial charge in [-0.15, -0.1) is 0 Å². The first-order valence-corrected chi connectivity index (χ1v) is 4.73. The molecule has 0 bridgehead atoms. The van der Waals surface area contributed by atoms with Gasteiger partial charge in [-0.3, -0.25) is 4.68 Å². The number of hydrogen-bond donors (Lipinski definition) is 2. The molecule has 0 saturated carbocycles. The maximum Gasteiger partial charge on any atom is 0.148 e. The first-order chi connectivity index (χ1) is 6.25. The van der Waals surface area contributed by atoms with E-state index in [1.54, 1.807) is 0 Å². The second-order valence-corrected chi connectivity index (χ2v) is 3.63. The molecule has 72 valence electrons. The van der Waals surface area contributed by atoms with Gasteiger partial charge in [-0.1, -0.05) is 0 Å². The predicted molar refractivity (Wildman–Crippen MR) is 52.8 cm³/mol. The van der Waals surface area contributed by atoms with Crippen LogP contribution in [0.2, 0.25) is 0 Å². The van der Waals surface area contributed by atoms with Gasteiger partial charge in [0.1, 0.15) is 5.82 Å². The molecule has 2 rings (SSSR count). The maximum atomic E-state index is 4.35. The van der Waals surface area contributed by atoms with Gasteiger partial charge in [0, 0.05) is 31.4 Å². The van der Waals surface area contributed by atoms with Crippen molar-refractivity contribution in [2.45, 2.75) is 19.4 Å². The number of anilines is 1. The summed E-state index contributed by atoms with van der Waals surface area (Å²) >= 11 is 0. The topological polar surface area (TPSA) is 41.9 Å². The number of nitrogens with one attached hydrogen (secondary N) is 2. The van der Waals surface area contributed by atoms with Crippen LogP contribution in [0.1, 0.15) is 12.1 Å². The molecule has 1 aliphatic heterocycles. The van der Waals surface area contributed by atoms with Crippen LogP contribution in [0, 0.1) is 6.92 Å². The lowest BCUT2D eigenvalue weighted by atomic mass is 10.2. The van der Waals surface area contributed by atoms with Gasteiger partial charge in [0.05, 0.1) is 0 Å². The molecule has 2 N–H and O–H groups in total. The van der Waals surface area contributed by atoms with Gasteiger partial charge in [-0.2, -0.15) is 5.10 Å². The molecule has 4 nitrogen and oxygen atoms in total. The van der Waals surface area contributed by atoms with Crippen molar-refractivity contribution in [1.29, 1.82) is 0 Å². The summed E-state index contributed by atoms with van der Waals surface area (Å²) in [6.07, 6.45) is 1.19. The van der Waals surface area contributed by atoms with E-state index in [1.165, 1.54) is 12.1 Å². The van der Waals surface area contributed by atoms with Gasteiger partial charge in [0.2, 0.25) is 0 Å². The van der Waals surface area contributed by atoms with E-state index in [9.17, 15) is 0 Å². The third-order valence-electron chi connectivity index (χ3n) is 2.53. The summed E-state index contributed by atoms with van der Waals surface area (Å²) in [5.74, 6) is 0.994. The van der Waals surface area contributed by atoms with Crippen LogP contribution in [0.4, 0.5) is 5.82 Å². The second-order valence-electron chi connectivity index (χ2n) is 3.63. The first-order valence-electron chi connectivity index (χ1n) is 4.73. The molecule has 0 radical (unpaired) electrons. The van der Waals surface area contributed by atoms with Crippen molar-refractivity contribution in [1.82, 2.24) is 15.1 Å². The summed E-state index contributed by atoms with van der Waals surface area (Å²) in [5, 5.41) is 11.1. The minimum atomic E-state index is 0.550. The number of aryl methyl sites for hydroxylation is 2. The van der Waals surface area contributed by atoms with Crippen molar-refractivity contribution in [3.8, 4) is 0 Å². The highest BCUT2D eigenvalue weighted by molar-refractivity contribution is 5.37. The summed E-state index contributed by atoms with van der Waals surface area (Å²) in [7, 11) is 1.97. The molecule has 0 aromatic carbocycles. The van der Waals surface area contributed by atoms with Crippen molar-refractivity contribution in [2.75, 3.05) is 18.4 Å². The molecule has 0 aliphatic carbocycles. The number of hydrogen-bond acceptors (Lipinski definition) is 3. The van der Waals surface area contributed by atoms with E-state index in [1.807, 2.05) is 11.7 Å². The number of nitrogens with zero attached hydrogens (tertiary/aromatic N) is 2. The van der Waals surface area contributed by atoms with E-state index >= 15 is 0 Å². The molecule has 1 fully saturated rings. The van der Waals surface area contributed by atoms with Crippen LogP contribution in [0.15, 0.2) is 6.07 Å². The van der Waals surface area contributed by atoms with Crippen LogP contribution in [-0.2, 0) is 7.05 Å². The quantitative estimate of drug-likeness (QED) is 0.696. The lowest BCUT2D eigenvalue weighted by Gasteiger charge is -2.08. The van der Waals surface area contributed by atoms with Crippen LogP contribution >= 0.6 is 0 Å². The largest absolute Gasteiger partial charge is 0.365 e. The Morgan fingerprint density at radius 1 is 1.69 bits per heavy atom. The standard InChI is InChI=1S/C9H16N4/c1-7-5-9(12-13(7)2)11-8-3-4-10-6-8/h5,8,10H,3-4,6H2,1-2H3,(H,11,12). The van der Waals surface area contributed by atoms with Crippen LogP contribution < -0.4 is 10.6 Å². The van der Waals surface area contributed by atoms with E-state index in [4.69, 9.17) is 0 Å². The molecule has 1 aromatic heterocycles. The highest BCUT2D eigenvalue weighted by Gasteiger charge is 2.14. The van der Waals surface area contributed by atoms with E-state index in [-0.39, 0.29) is 0 Å². The molecule has 1 saturated heterocycles. The third-order valence-corrected chi connectivity index (χ3v) is 2.53. The Kier molecular flexibility index (Phi) is 2.22. The highest BCUT2D eigenvalue weighted by Crippen LogP contribution is 2.10. The predicted octanol–water partition coefficient (Wildman–Crippen LogP) is 0.502. The lowest BCUT2D eigenvalue weighted by molar-refractivity contribution is 0.728. The van der Waals surface area contributed by atoms with Gasteiger partial charge in [0.15, 0.2) is 0 Å². The van der Waals surface area contributed by atoms with Gasteiger partial charge in [-0.25, -0.2) is 0 Å². The zero-order valence-electron chi connectivity index (χ0n) is 8.17. The molecule has 1 unspecified atom stereocenters. The fourth-order valence-electron chi connectivity index (χ4n) is 1.62. The van der Waals surface area contributed by atoms with Crippen LogP contribution in [0.5, 0.6) is 0 Å². The minimum Gasteiger partial charge on any atom is -0.365 e. The molecule has 1 atom stereocenters. The summed E-state index contributed by atoms with van der Waals surface area (Å²) in [5.41, 5.74) is 1.19. The van der Waals surface area contributed by atoms with Crippen LogP contribution in [0.3, 0.4) is 0 Å². The zero-order chi connectivity index (χ0) is 9.26. The van der Waals surface area contributed by atoms with Crippen molar-refractivity contribution < 1.29 is 0 Å². The first kappa shape index (κ1) is 8.56. The molecule has 0 amide bonds. The molecule has 1 aromatic rings. The maximum absolute atomic E-state index is 4.35. The molecule has 2 heterocycles. The zero-order valence-corrected chi connectivity index (χ0v) is 8.17. The average Bonchev–Trinajstić information content (AvgIpc) is 2.64. The molecule has 1 aliphatic rings. The molecule has 0 spiro atoms. The number of aromatic nitrogens is 2. The summed E-state index contributed by atoms with van der Waals surface area (Å²) < 4.78 is 1.89. The fraction of sp³-hybridized carbons (Fsp3) is 0.667. The average molecular weight is 180 g/mol. The highest BCUT2D eigenvalue weighted by atomic mass is 15.3. The van der Waals surface area contributed by atoms with Gasteiger partial charge < -0.3 is 10.6 Å². The Morgan fingerprint density at radius 2 is 2.54 bits per heavy atom. The Balaban J connectivity index is 2.00. The van der Waals surface area contributed by atoms with Crippen molar-refractivity contribution in [3.05, 3.63) is 11.8 Å². The SMILES string of the molecule is Cc1cc(NC2CCNC2)nn1C. The molecule has 13 heavy (non-hydrogen) atoms.